The zero-order valence-corrected chi connectivity index (χ0v) is 14.2. The Kier molecular flexibility index (Phi) is 11.6. The van der Waals surface area contributed by atoms with Gasteiger partial charge in [-0.15, -0.1) is 0 Å². The summed E-state index contributed by atoms with van der Waals surface area (Å²) in [5.74, 6) is -2.51. The summed E-state index contributed by atoms with van der Waals surface area (Å²) < 4.78 is 4.64. The second-order valence-corrected chi connectivity index (χ2v) is 5.06. The minimum absolute atomic E-state index is 0.208. The molecule has 0 aliphatic heterocycles. The maximum absolute atomic E-state index is 11.8. The van der Waals surface area contributed by atoms with Gasteiger partial charge in [0.05, 0.1) is 19.6 Å². The fourth-order valence-corrected chi connectivity index (χ4v) is 1.74. The van der Waals surface area contributed by atoms with Crippen LogP contribution in [0.2, 0.25) is 0 Å². The third kappa shape index (κ3) is 10.1. The van der Waals surface area contributed by atoms with E-state index < -0.39 is 36.4 Å². The highest BCUT2D eigenvalue weighted by Gasteiger charge is 2.25. The fraction of sp³-hybridized carbons (Fsp3) is 0.412. The van der Waals surface area contributed by atoms with E-state index in [1.54, 1.807) is 12.1 Å². The number of amides is 1. The van der Waals surface area contributed by atoms with E-state index in [0.29, 0.717) is 6.42 Å². The molecule has 0 saturated carbocycles. The number of hydrogen-bond donors (Lipinski definition) is 4. The number of carboxylic acid groups (broad SMARTS) is 1. The highest BCUT2D eigenvalue weighted by Crippen LogP contribution is 2.05. The van der Waals surface area contributed by atoms with Gasteiger partial charge in [0, 0.05) is 13.0 Å². The molecule has 1 aromatic carbocycles. The third-order valence-corrected chi connectivity index (χ3v) is 2.97. The molecule has 0 spiro atoms. The summed E-state index contributed by atoms with van der Waals surface area (Å²) in [5.41, 5.74) is 6.29. The molecule has 0 heterocycles. The molecule has 0 unspecified atom stereocenters. The molecule has 0 fully saturated rings. The van der Waals surface area contributed by atoms with Crippen molar-refractivity contribution >= 4 is 17.8 Å². The van der Waals surface area contributed by atoms with Crippen LogP contribution in [0.15, 0.2) is 30.3 Å². The number of nitrogens with one attached hydrogen (secondary N) is 1. The van der Waals surface area contributed by atoms with Crippen molar-refractivity contribution in [3.8, 4) is 0 Å². The van der Waals surface area contributed by atoms with E-state index in [9.17, 15) is 14.4 Å². The van der Waals surface area contributed by atoms with Crippen molar-refractivity contribution in [1.82, 2.24) is 5.32 Å². The van der Waals surface area contributed by atoms with Crippen LogP contribution in [0.25, 0.3) is 0 Å². The maximum atomic E-state index is 11.8. The molecule has 1 radical (unpaired) electrons. The van der Waals surface area contributed by atoms with E-state index in [1.807, 2.05) is 18.2 Å². The quantitative estimate of drug-likeness (QED) is 0.478. The summed E-state index contributed by atoms with van der Waals surface area (Å²) in [7, 11) is 1.21. The summed E-state index contributed by atoms with van der Waals surface area (Å²) in [6.07, 6.45) is 0.351. The normalized spacial score (nSPS) is 12.2. The van der Waals surface area contributed by atoms with Crippen LogP contribution in [-0.2, 0) is 25.5 Å². The first-order chi connectivity index (χ1) is 11.8. The number of aliphatic hydroxyl groups is 1. The second-order valence-electron chi connectivity index (χ2n) is 5.06. The van der Waals surface area contributed by atoms with Crippen molar-refractivity contribution in [3.05, 3.63) is 42.8 Å². The smallest absolute Gasteiger partial charge is 0.328 e. The highest BCUT2D eigenvalue weighted by molar-refractivity contribution is 5.89. The first-order valence-electron chi connectivity index (χ1n) is 7.65. The van der Waals surface area contributed by atoms with Crippen LogP contribution in [0.3, 0.4) is 0 Å². The van der Waals surface area contributed by atoms with Crippen LogP contribution in [-0.4, -0.2) is 53.9 Å². The van der Waals surface area contributed by atoms with Gasteiger partial charge in [0.2, 0.25) is 5.91 Å². The number of hydrogen-bond acceptors (Lipinski definition) is 6. The Balaban J connectivity index is 0.00000129. The van der Waals surface area contributed by atoms with Gasteiger partial charge in [-0.2, -0.15) is 0 Å². The Hall–Kier alpha value is -2.45. The molecule has 139 valence electrons. The number of ether oxygens (including phenoxy) is 1. The summed E-state index contributed by atoms with van der Waals surface area (Å²) in [5, 5.41) is 18.8. The number of nitrogens with two attached hydrogens (primary N) is 1. The number of carbonyl (C=O) groups excluding carboxylic acids is 2. The molecule has 0 saturated heterocycles. The van der Waals surface area contributed by atoms with Crippen molar-refractivity contribution in [2.75, 3.05) is 13.7 Å². The topological polar surface area (TPSA) is 139 Å². The molecule has 2 atom stereocenters. The van der Waals surface area contributed by atoms with Crippen molar-refractivity contribution in [2.24, 2.45) is 5.73 Å². The molecule has 0 aromatic heterocycles. The van der Waals surface area contributed by atoms with Gasteiger partial charge in [-0.25, -0.2) is 4.79 Å². The summed E-state index contributed by atoms with van der Waals surface area (Å²) in [4.78, 5) is 34.0. The molecule has 1 amide bonds. The lowest BCUT2D eigenvalue weighted by molar-refractivity contribution is -0.145. The van der Waals surface area contributed by atoms with Crippen molar-refractivity contribution in [3.63, 3.8) is 0 Å². The van der Waals surface area contributed by atoms with Crippen molar-refractivity contribution < 1.29 is 29.3 Å². The first kappa shape index (κ1) is 22.6. The van der Waals surface area contributed by atoms with Gasteiger partial charge in [-0.05, 0) is 12.0 Å². The molecular formula is C17H25N2O6. The average Bonchev–Trinajstić information content (AvgIpc) is 2.60. The first-order valence-corrected chi connectivity index (χ1v) is 7.65. The Morgan fingerprint density at radius 3 is 2.28 bits per heavy atom. The van der Waals surface area contributed by atoms with Crippen LogP contribution in [0, 0.1) is 6.92 Å². The van der Waals surface area contributed by atoms with E-state index in [4.69, 9.17) is 15.9 Å². The van der Waals surface area contributed by atoms with Gasteiger partial charge >= 0.3 is 11.9 Å². The highest BCUT2D eigenvalue weighted by atomic mass is 16.5. The molecule has 8 nitrogen and oxygen atoms in total. The largest absolute Gasteiger partial charge is 0.481 e. The van der Waals surface area contributed by atoms with Gasteiger partial charge < -0.3 is 26.0 Å². The van der Waals surface area contributed by atoms with Gasteiger partial charge in [0.1, 0.15) is 6.04 Å². The number of esters is 1. The van der Waals surface area contributed by atoms with Crippen LogP contribution in [0.1, 0.15) is 18.4 Å². The monoisotopic (exact) mass is 353 g/mol. The Morgan fingerprint density at radius 1 is 1.28 bits per heavy atom. The van der Waals surface area contributed by atoms with Crippen LogP contribution < -0.4 is 11.1 Å². The van der Waals surface area contributed by atoms with Crippen molar-refractivity contribution in [1.29, 1.82) is 0 Å². The van der Waals surface area contributed by atoms with Gasteiger partial charge in [0.25, 0.3) is 0 Å². The average molecular weight is 353 g/mol. The minimum atomic E-state index is -1.22. The zero-order valence-electron chi connectivity index (χ0n) is 14.2. The van der Waals surface area contributed by atoms with Crippen molar-refractivity contribution in [2.45, 2.75) is 31.3 Å². The molecule has 1 aromatic rings. The zero-order chi connectivity index (χ0) is 19.2. The Morgan fingerprint density at radius 2 is 1.84 bits per heavy atom. The molecule has 25 heavy (non-hydrogen) atoms. The Bertz CT molecular complexity index is 533. The van der Waals surface area contributed by atoms with Gasteiger partial charge in [-0.3, -0.25) is 9.59 Å². The molecular weight excluding hydrogens is 328 g/mol. The molecule has 0 aliphatic rings. The molecule has 0 bridgehead atoms. The predicted molar refractivity (Wildman–Crippen MR) is 91.4 cm³/mol. The van der Waals surface area contributed by atoms with Crippen LogP contribution >= 0.6 is 0 Å². The fourth-order valence-electron chi connectivity index (χ4n) is 1.74. The number of benzene rings is 1. The number of rotatable bonds is 8. The molecule has 8 heteroatoms. The maximum Gasteiger partial charge on any atom is 0.328 e. The predicted octanol–water partition coefficient (Wildman–Crippen LogP) is -0.108. The van der Waals surface area contributed by atoms with Gasteiger partial charge in [-0.1, -0.05) is 37.3 Å². The Labute approximate surface area is 147 Å². The molecule has 5 N–H and O–H groups in total. The number of aliphatic carboxylic acids is 1. The number of aliphatic hydroxyl groups excluding tert-OH is 1. The summed E-state index contributed by atoms with van der Waals surface area (Å²) >= 11 is 0. The lowest BCUT2D eigenvalue weighted by Gasteiger charge is -2.18. The van der Waals surface area contributed by atoms with E-state index in [1.165, 1.54) is 7.11 Å². The summed E-state index contributed by atoms with van der Waals surface area (Å²) in [6.45, 7) is 3.56. The second kappa shape index (κ2) is 12.9. The number of carbonyl (C=O) groups is 3. The van der Waals surface area contributed by atoms with Crippen LogP contribution in [0.4, 0.5) is 0 Å². The third-order valence-electron chi connectivity index (χ3n) is 2.97. The number of methoxy groups -OCH3 is 1. The van der Waals surface area contributed by atoms with E-state index in [2.05, 4.69) is 17.0 Å². The molecule has 1 rings (SSSR count). The van der Waals surface area contributed by atoms with E-state index >= 15 is 0 Å². The minimum Gasteiger partial charge on any atom is -0.481 e. The lowest BCUT2D eigenvalue weighted by Crippen LogP contribution is -2.50. The van der Waals surface area contributed by atoms with E-state index in [-0.39, 0.29) is 13.0 Å². The standard InChI is InChI=1S/C14H18N2O5.C3H7O/c1-21-14(20)11(7-9-5-3-2-4-6-9)16-13(19)10(15)8-12(17)18;1-2-3-4/h2-6,10-11H,7-8,15H2,1H3,(H,16,19)(H,17,18);4H,1-3H2/t10-,11-;/m0./s1. The van der Waals surface area contributed by atoms with E-state index in [0.717, 1.165) is 5.56 Å². The van der Waals surface area contributed by atoms with Crippen LogP contribution in [0.5, 0.6) is 0 Å². The SMILES string of the molecule is COC(=O)[C@H](Cc1ccccc1)NC(=O)[C@@H](N)CC(=O)O.[CH2]CCO. The lowest BCUT2D eigenvalue weighted by atomic mass is 10.1. The summed E-state index contributed by atoms with van der Waals surface area (Å²) in [6, 6.07) is 6.93. The van der Waals surface area contributed by atoms with Gasteiger partial charge in [0.15, 0.2) is 0 Å². The number of carboxylic acids is 1. The molecule has 0 aliphatic carbocycles.